The average molecular weight is 591 g/mol. The molecule has 1 aliphatic rings. The SMILES string of the molecule is COC(=O)CS(=O)(=O)Cc1cc2c(cc1C)C=C(C(=O)c1cnn(-c3cnc(Oc4ccccc4F)cc3C)c1N)C2. The van der Waals surface area contributed by atoms with Crippen LogP contribution >= 0.6 is 0 Å². The number of Topliss-reactive ketones (excluding diaryl/α,β-unsaturated/α-hetero) is 1. The standard InChI is InChI=1S/C30H27FN4O6S/c1-17-8-19-10-21(11-20(19)12-22(17)15-42(38,39)16-28(36)40-3)29(37)23-13-34-35(30(23)32)25-14-33-27(9-18(25)2)41-26-7-5-4-6-24(26)31/h4-10,12-14H,11,15-16,32H2,1-3H3. The van der Waals surface area contributed by atoms with Crippen molar-refractivity contribution in [1.29, 1.82) is 0 Å². The monoisotopic (exact) mass is 590 g/mol. The number of para-hydroxylation sites is 1. The number of aromatic nitrogens is 3. The number of hydrogen-bond donors (Lipinski definition) is 1. The number of esters is 1. The Kier molecular flexibility index (Phi) is 7.65. The van der Waals surface area contributed by atoms with Crippen molar-refractivity contribution in [2.75, 3.05) is 18.6 Å². The van der Waals surface area contributed by atoms with Gasteiger partial charge in [-0.1, -0.05) is 24.3 Å². The van der Waals surface area contributed by atoms with Crippen molar-refractivity contribution < 1.29 is 31.9 Å². The van der Waals surface area contributed by atoms with Crippen molar-refractivity contribution in [3.05, 3.63) is 99.6 Å². The molecule has 0 saturated heterocycles. The van der Waals surface area contributed by atoms with Crippen LogP contribution in [0.25, 0.3) is 11.8 Å². The summed E-state index contributed by atoms with van der Waals surface area (Å²) in [5, 5.41) is 4.31. The molecule has 216 valence electrons. The van der Waals surface area contributed by atoms with Crippen LogP contribution in [0.15, 0.2) is 60.4 Å². The number of anilines is 1. The van der Waals surface area contributed by atoms with E-state index in [1.165, 1.54) is 29.2 Å². The van der Waals surface area contributed by atoms with E-state index in [0.29, 0.717) is 22.4 Å². The number of nitrogen functional groups attached to an aromatic ring is 1. The Balaban J connectivity index is 1.34. The summed E-state index contributed by atoms with van der Waals surface area (Å²) in [6.07, 6.45) is 4.91. The first-order valence-corrected chi connectivity index (χ1v) is 14.7. The highest BCUT2D eigenvalue weighted by Gasteiger charge is 2.26. The number of ketones is 1. The minimum absolute atomic E-state index is 0.0413. The molecule has 0 spiro atoms. The lowest BCUT2D eigenvalue weighted by molar-refractivity contribution is -0.137. The number of aryl methyl sites for hydroxylation is 2. The second-order valence-electron chi connectivity index (χ2n) is 9.96. The van der Waals surface area contributed by atoms with Crippen LogP contribution in [0.5, 0.6) is 11.6 Å². The third-order valence-electron chi connectivity index (χ3n) is 6.93. The maximum absolute atomic E-state index is 14.0. The first-order valence-electron chi connectivity index (χ1n) is 12.8. The molecule has 0 aliphatic heterocycles. The number of nitrogens with zero attached hydrogens (tertiary/aromatic N) is 3. The third kappa shape index (κ3) is 5.79. The molecule has 2 N–H and O–H groups in total. The molecule has 0 unspecified atom stereocenters. The first-order chi connectivity index (χ1) is 20.0. The van der Waals surface area contributed by atoms with E-state index >= 15 is 0 Å². The number of rotatable bonds is 9. The molecule has 2 aromatic heterocycles. The van der Waals surface area contributed by atoms with Gasteiger partial charge in [-0.3, -0.25) is 9.59 Å². The third-order valence-corrected chi connectivity index (χ3v) is 8.36. The van der Waals surface area contributed by atoms with Crippen LogP contribution < -0.4 is 10.5 Å². The van der Waals surface area contributed by atoms with Gasteiger partial charge < -0.3 is 15.2 Å². The lowest BCUT2D eigenvalue weighted by Gasteiger charge is -2.11. The van der Waals surface area contributed by atoms with E-state index in [1.54, 1.807) is 44.2 Å². The number of carbonyl (C=O) groups is 2. The topological polar surface area (TPSA) is 143 Å². The molecular weight excluding hydrogens is 563 g/mol. The number of carbonyl (C=O) groups excluding carboxylic acids is 2. The van der Waals surface area contributed by atoms with Gasteiger partial charge in [-0.2, -0.15) is 5.10 Å². The molecule has 12 heteroatoms. The Morgan fingerprint density at radius 1 is 1.10 bits per heavy atom. The highest BCUT2D eigenvalue weighted by Crippen LogP contribution is 2.32. The van der Waals surface area contributed by atoms with Crippen LogP contribution in [0.2, 0.25) is 0 Å². The molecule has 2 heterocycles. The van der Waals surface area contributed by atoms with Crippen molar-refractivity contribution in [3.63, 3.8) is 0 Å². The van der Waals surface area contributed by atoms with Crippen molar-refractivity contribution in [1.82, 2.24) is 14.8 Å². The number of hydrogen-bond acceptors (Lipinski definition) is 9. The van der Waals surface area contributed by atoms with Gasteiger partial charge in [0.15, 0.2) is 27.2 Å². The summed E-state index contributed by atoms with van der Waals surface area (Å²) in [5.74, 6) is -2.32. The van der Waals surface area contributed by atoms with E-state index in [4.69, 9.17) is 10.5 Å². The molecule has 42 heavy (non-hydrogen) atoms. The molecule has 0 saturated carbocycles. The minimum atomic E-state index is -3.73. The fourth-order valence-corrected chi connectivity index (χ4v) is 6.09. The second-order valence-corrected chi connectivity index (χ2v) is 12.0. The largest absolute Gasteiger partial charge is 0.468 e. The smallest absolute Gasteiger partial charge is 0.320 e. The van der Waals surface area contributed by atoms with Gasteiger partial charge in [0.1, 0.15) is 11.6 Å². The predicted molar refractivity (Wildman–Crippen MR) is 154 cm³/mol. The van der Waals surface area contributed by atoms with Gasteiger partial charge in [0.05, 0.1) is 36.5 Å². The fourth-order valence-electron chi connectivity index (χ4n) is 4.72. The van der Waals surface area contributed by atoms with E-state index in [0.717, 1.165) is 23.8 Å². The lowest BCUT2D eigenvalue weighted by Crippen LogP contribution is -2.19. The van der Waals surface area contributed by atoms with Crippen molar-refractivity contribution in [2.45, 2.75) is 26.0 Å². The van der Waals surface area contributed by atoms with Gasteiger partial charge in [-0.15, -0.1) is 0 Å². The Morgan fingerprint density at radius 3 is 2.57 bits per heavy atom. The summed E-state index contributed by atoms with van der Waals surface area (Å²) in [6.45, 7) is 3.57. The number of allylic oxidation sites excluding steroid dienone is 1. The zero-order valence-electron chi connectivity index (χ0n) is 23.0. The first kappa shape index (κ1) is 28.7. The molecule has 0 bridgehead atoms. The van der Waals surface area contributed by atoms with Gasteiger partial charge in [0.25, 0.3) is 0 Å². The normalized spacial score (nSPS) is 12.5. The number of ether oxygens (including phenoxy) is 2. The molecule has 5 rings (SSSR count). The van der Waals surface area contributed by atoms with Gasteiger partial charge in [-0.05, 0) is 59.9 Å². The number of halogens is 1. The summed E-state index contributed by atoms with van der Waals surface area (Å²) in [6, 6.07) is 11.2. The fraction of sp³-hybridized carbons (Fsp3) is 0.200. The van der Waals surface area contributed by atoms with Gasteiger partial charge in [-0.25, -0.2) is 22.5 Å². The predicted octanol–water partition coefficient (Wildman–Crippen LogP) is 4.31. The quantitative estimate of drug-likeness (QED) is 0.223. The van der Waals surface area contributed by atoms with Crippen LogP contribution in [-0.2, 0) is 31.5 Å². The summed E-state index contributed by atoms with van der Waals surface area (Å²) in [7, 11) is -2.59. The van der Waals surface area contributed by atoms with E-state index in [2.05, 4.69) is 14.8 Å². The van der Waals surface area contributed by atoms with Crippen molar-refractivity contribution in [3.8, 4) is 17.3 Å². The number of pyridine rings is 1. The van der Waals surface area contributed by atoms with Crippen LogP contribution in [0, 0.1) is 19.7 Å². The summed E-state index contributed by atoms with van der Waals surface area (Å²) >= 11 is 0. The molecule has 0 amide bonds. The molecule has 0 radical (unpaired) electrons. The zero-order valence-corrected chi connectivity index (χ0v) is 23.9. The molecule has 2 aromatic carbocycles. The minimum Gasteiger partial charge on any atom is -0.468 e. The Labute approximate surface area is 241 Å². The Morgan fingerprint density at radius 2 is 1.86 bits per heavy atom. The van der Waals surface area contributed by atoms with Gasteiger partial charge >= 0.3 is 5.97 Å². The Hall–Kier alpha value is -4.84. The molecular formula is C30H27FN4O6S. The number of sulfone groups is 1. The van der Waals surface area contributed by atoms with Gasteiger partial charge in [0, 0.05) is 18.1 Å². The highest BCUT2D eigenvalue weighted by molar-refractivity contribution is 7.91. The lowest BCUT2D eigenvalue weighted by atomic mass is 10.0. The number of nitrogens with two attached hydrogens (primary N) is 1. The van der Waals surface area contributed by atoms with E-state index in [9.17, 15) is 22.4 Å². The number of fused-ring (bicyclic) bond motifs is 1. The molecule has 1 aliphatic carbocycles. The molecule has 0 fully saturated rings. The number of benzene rings is 2. The van der Waals surface area contributed by atoms with E-state index < -0.39 is 27.4 Å². The van der Waals surface area contributed by atoms with Crippen LogP contribution in [0.1, 0.15) is 38.2 Å². The van der Waals surface area contributed by atoms with Crippen LogP contribution in [0.4, 0.5) is 10.2 Å². The molecule has 4 aromatic rings. The summed E-state index contributed by atoms with van der Waals surface area (Å²) in [5.41, 5.74) is 11.1. The second kappa shape index (κ2) is 11.2. The zero-order chi connectivity index (χ0) is 30.2. The van der Waals surface area contributed by atoms with Crippen molar-refractivity contribution >= 4 is 33.5 Å². The summed E-state index contributed by atoms with van der Waals surface area (Å²) < 4.78 is 50.3. The molecule has 0 atom stereocenters. The van der Waals surface area contributed by atoms with Crippen LogP contribution in [0.3, 0.4) is 0 Å². The maximum atomic E-state index is 14.0. The van der Waals surface area contributed by atoms with Crippen LogP contribution in [-0.4, -0.2) is 47.8 Å². The molecule has 10 nitrogen and oxygen atoms in total. The van der Waals surface area contributed by atoms with E-state index in [-0.39, 0.29) is 41.0 Å². The maximum Gasteiger partial charge on any atom is 0.320 e. The Bertz CT molecular complexity index is 1880. The highest BCUT2D eigenvalue weighted by atomic mass is 32.2. The van der Waals surface area contributed by atoms with Crippen molar-refractivity contribution in [2.24, 2.45) is 0 Å². The van der Waals surface area contributed by atoms with E-state index in [1.807, 2.05) is 6.07 Å². The van der Waals surface area contributed by atoms with Gasteiger partial charge in [0.2, 0.25) is 5.88 Å². The summed E-state index contributed by atoms with van der Waals surface area (Å²) in [4.78, 5) is 29.2. The number of methoxy groups -OCH3 is 1. The average Bonchev–Trinajstić information content (AvgIpc) is 3.52.